The lowest BCUT2D eigenvalue weighted by Gasteiger charge is -2.27. The van der Waals surface area contributed by atoms with Gasteiger partial charge in [-0.25, -0.2) is 0 Å². The summed E-state index contributed by atoms with van der Waals surface area (Å²) in [6.07, 6.45) is -5.81. The summed E-state index contributed by atoms with van der Waals surface area (Å²) in [5.74, 6) is -0.956. The molecule has 0 spiro atoms. The molecule has 0 unspecified atom stereocenters. The largest absolute Gasteiger partial charge is 0.397 e. The summed E-state index contributed by atoms with van der Waals surface area (Å²) in [4.78, 5) is 12.9. The molecule has 1 fully saturated rings. The van der Waals surface area contributed by atoms with Crippen molar-refractivity contribution in [1.29, 1.82) is 0 Å². The molecule has 0 atom stereocenters. The van der Waals surface area contributed by atoms with Crippen molar-refractivity contribution in [2.45, 2.75) is 12.6 Å². The number of hydrogen-bond acceptors (Lipinski definition) is 3. The second-order valence-electron chi connectivity index (χ2n) is 3.73. The summed E-state index contributed by atoms with van der Waals surface area (Å²) in [6, 6.07) is 0. The maximum atomic E-state index is 11.8. The van der Waals surface area contributed by atoms with Crippen LogP contribution in [0.3, 0.4) is 0 Å². The van der Waals surface area contributed by atoms with Gasteiger partial charge in [-0.2, -0.15) is 13.2 Å². The smallest absolute Gasteiger partial charge is 0.355 e. The van der Waals surface area contributed by atoms with Crippen LogP contribution in [0.4, 0.5) is 13.2 Å². The van der Waals surface area contributed by atoms with E-state index in [0.717, 1.165) is 26.2 Å². The Morgan fingerprint density at radius 2 is 1.94 bits per heavy atom. The van der Waals surface area contributed by atoms with E-state index >= 15 is 0 Å². The summed E-state index contributed by atoms with van der Waals surface area (Å²) >= 11 is 0. The molecule has 1 aliphatic heterocycles. The molecule has 0 aromatic carbocycles. The number of hydrogen-bond donors (Lipinski definition) is 2. The summed E-state index contributed by atoms with van der Waals surface area (Å²) in [5, 5.41) is 5.43. The van der Waals surface area contributed by atoms with Crippen LogP contribution in [-0.4, -0.2) is 56.3 Å². The van der Waals surface area contributed by atoms with Gasteiger partial charge in [0.2, 0.25) is 5.91 Å². The standard InChI is InChI=1S/C9H16F3N3O/c10-9(11,12)7-8(16)14-3-6-15-4-1-13-2-5-15/h13H,1-7H2,(H,14,16). The molecule has 0 radical (unpaired) electrons. The first-order chi connectivity index (χ1) is 7.47. The van der Waals surface area contributed by atoms with Crippen LogP contribution in [0.5, 0.6) is 0 Å². The molecule has 0 saturated carbocycles. The molecule has 16 heavy (non-hydrogen) atoms. The molecule has 0 aromatic heterocycles. The van der Waals surface area contributed by atoms with Gasteiger partial charge in [0.1, 0.15) is 6.42 Å². The highest BCUT2D eigenvalue weighted by molar-refractivity contribution is 5.76. The van der Waals surface area contributed by atoms with Crippen molar-refractivity contribution in [2.75, 3.05) is 39.3 Å². The first-order valence-corrected chi connectivity index (χ1v) is 5.24. The number of piperazine rings is 1. The molecule has 0 aliphatic carbocycles. The minimum absolute atomic E-state index is 0.273. The average molecular weight is 239 g/mol. The highest BCUT2D eigenvalue weighted by Gasteiger charge is 2.30. The fourth-order valence-corrected chi connectivity index (χ4v) is 1.53. The maximum Gasteiger partial charge on any atom is 0.397 e. The zero-order valence-corrected chi connectivity index (χ0v) is 8.94. The minimum atomic E-state index is -4.42. The van der Waals surface area contributed by atoms with Crippen molar-refractivity contribution in [2.24, 2.45) is 0 Å². The molecular weight excluding hydrogens is 223 g/mol. The van der Waals surface area contributed by atoms with Crippen molar-refractivity contribution in [1.82, 2.24) is 15.5 Å². The number of carbonyl (C=O) groups is 1. The SMILES string of the molecule is O=C(CC(F)(F)F)NCCN1CCNCC1. The van der Waals surface area contributed by atoms with E-state index in [1.165, 1.54) is 0 Å². The van der Waals surface area contributed by atoms with Gasteiger partial charge in [0.05, 0.1) is 0 Å². The molecule has 1 rings (SSSR count). The Kier molecular flexibility index (Phi) is 5.01. The fourth-order valence-electron chi connectivity index (χ4n) is 1.53. The second kappa shape index (κ2) is 6.05. The first-order valence-electron chi connectivity index (χ1n) is 5.24. The quantitative estimate of drug-likeness (QED) is 0.723. The van der Waals surface area contributed by atoms with Crippen LogP contribution < -0.4 is 10.6 Å². The zero-order valence-electron chi connectivity index (χ0n) is 8.94. The Bertz CT molecular complexity index is 227. The topological polar surface area (TPSA) is 44.4 Å². The van der Waals surface area contributed by atoms with Gasteiger partial charge in [0, 0.05) is 39.3 Å². The normalized spacial score (nSPS) is 18.4. The van der Waals surface area contributed by atoms with Crippen LogP contribution in [0.2, 0.25) is 0 Å². The molecule has 1 amide bonds. The molecule has 4 nitrogen and oxygen atoms in total. The Morgan fingerprint density at radius 3 is 2.50 bits per heavy atom. The van der Waals surface area contributed by atoms with Crippen LogP contribution in [0.15, 0.2) is 0 Å². The lowest BCUT2D eigenvalue weighted by atomic mass is 10.3. The molecule has 2 N–H and O–H groups in total. The summed E-state index contributed by atoms with van der Waals surface area (Å²) in [7, 11) is 0. The predicted molar refractivity (Wildman–Crippen MR) is 53.0 cm³/mol. The summed E-state index contributed by atoms with van der Waals surface area (Å²) in [6.45, 7) is 4.39. The average Bonchev–Trinajstić information content (AvgIpc) is 2.16. The number of halogens is 3. The van der Waals surface area contributed by atoms with Gasteiger partial charge in [0.25, 0.3) is 0 Å². The zero-order chi connectivity index (χ0) is 12.0. The van der Waals surface area contributed by atoms with Crippen molar-refractivity contribution in [3.05, 3.63) is 0 Å². The fraction of sp³-hybridized carbons (Fsp3) is 0.889. The van der Waals surface area contributed by atoms with Gasteiger partial charge in [-0.1, -0.05) is 0 Å². The number of alkyl halides is 3. The third-order valence-corrected chi connectivity index (χ3v) is 2.32. The van der Waals surface area contributed by atoms with E-state index in [9.17, 15) is 18.0 Å². The van der Waals surface area contributed by atoms with Gasteiger partial charge >= 0.3 is 6.18 Å². The van der Waals surface area contributed by atoms with Crippen LogP contribution in [0.1, 0.15) is 6.42 Å². The number of carbonyl (C=O) groups excluding carboxylic acids is 1. The van der Waals surface area contributed by atoms with E-state index in [2.05, 4.69) is 15.5 Å². The van der Waals surface area contributed by atoms with Crippen molar-refractivity contribution >= 4 is 5.91 Å². The molecule has 7 heteroatoms. The van der Waals surface area contributed by atoms with E-state index in [1.807, 2.05) is 0 Å². The Hall–Kier alpha value is -0.820. The highest BCUT2D eigenvalue weighted by atomic mass is 19.4. The minimum Gasteiger partial charge on any atom is -0.355 e. The van der Waals surface area contributed by atoms with Crippen LogP contribution in [-0.2, 0) is 4.79 Å². The summed E-state index contributed by atoms with van der Waals surface area (Å²) in [5.41, 5.74) is 0. The van der Waals surface area contributed by atoms with Crippen molar-refractivity contribution in [3.63, 3.8) is 0 Å². The number of nitrogens with zero attached hydrogens (tertiary/aromatic N) is 1. The van der Waals surface area contributed by atoms with Gasteiger partial charge in [-0.05, 0) is 0 Å². The van der Waals surface area contributed by atoms with Crippen molar-refractivity contribution < 1.29 is 18.0 Å². The molecule has 94 valence electrons. The predicted octanol–water partition coefficient (Wildman–Crippen LogP) is -0.0398. The van der Waals surface area contributed by atoms with E-state index in [0.29, 0.717) is 6.54 Å². The van der Waals surface area contributed by atoms with E-state index < -0.39 is 18.5 Å². The molecule has 1 saturated heterocycles. The lowest BCUT2D eigenvalue weighted by molar-refractivity contribution is -0.153. The third-order valence-electron chi connectivity index (χ3n) is 2.32. The molecule has 0 bridgehead atoms. The van der Waals surface area contributed by atoms with Crippen LogP contribution in [0.25, 0.3) is 0 Å². The Labute approximate surface area is 92.2 Å². The van der Waals surface area contributed by atoms with Crippen LogP contribution in [0, 0.1) is 0 Å². The van der Waals surface area contributed by atoms with Gasteiger partial charge < -0.3 is 10.6 Å². The number of rotatable bonds is 4. The Balaban J connectivity index is 2.08. The maximum absolute atomic E-state index is 11.8. The third kappa shape index (κ3) is 5.92. The number of amides is 1. The van der Waals surface area contributed by atoms with Gasteiger partial charge in [0.15, 0.2) is 0 Å². The van der Waals surface area contributed by atoms with Gasteiger partial charge in [-0.3, -0.25) is 9.69 Å². The van der Waals surface area contributed by atoms with E-state index in [4.69, 9.17) is 0 Å². The summed E-state index contributed by atoms with van der Waals surface area (Å²) < 4.78 is 35.4. The number of nitrogens with one attached hydrogen (secondary N) is 2. The van der Waals surface area contributed by atoms with E-state index in [-0.39, 0.29) is 6.54 Å². The van der Waals surface area contributed by atoms with E-state index in [1.54, 1.807) is 0 Å². The van der Waals surface area contributed by atoms with Crippen LogP contribution >= 0.6 is 0 Å². The molecule has 0 aromatic rings. The molecule has 1 aliphatic rings. The molecule has 1 heterocycles. The van der Waals surface area contributed by atoms with Crippen molar-refractivity contribution in [3.8, 4) is 0 Å². The highest BCUT2D eigenvalue weighted by Crippen LogP contribution is 2.18. The first kappa shape index (κ1) is 13.2. The monoisotopic (exact) mass is 239 g/mol. The molecular formula is C9H16F3N3O. The second-order valence-corrected chi connectivity index (χ2v) is 3.73. The lowest BCUT2D eigenvalue weighted by Crippen LogP contribution is -2.46. The van der Waals surface area contributed by atoms with Gasteiger partial charge in [-0.15, -0.1) is 0 Å². The Morgan fingerprint density at radius 1 is 1.31 bits per heavy atom.